The molecule has 256 valence electrons. The molecule has 0 unspecified atom stereocenters. The van der Waals surface area contributed by atoms with Gasteiger partial charge in [0.2, 0.25) is 11.6 Å². The van der Waals surface area contributed by atoms with E-state index in [2.05, 4.69) is 67.0 Å². The molecule has 0 aliphatic carbocycles. The average molecular weight is 671 g/mol. The maximum atomic E-state index is 12.3. The maximum absolute atomic E-state index is 12.3. The lowest BCUT2D eigenvalue weighted by Gasteiger charge is -2.17. The predicted octanol–water partition coefficient (Wildman–Crippen LogP) is 8.18. The Hall–Kier alpha value is -5.63. The van der Waals surface area contributed by atoms with E-state index in [0.717, 1.165) is 25.1 Å². The Bertz CT molecular complexity index is 1910. The Morgan fingerprint density at radius 1 is 0.800 bits per heavy atom. The van der Waals surface area contributed by atoms with Gasteiger partial charge in [-0.05, 0) is 61.7 Å². The zero-order chi connectivity index (χ0) is 35.5. The Morgan fingerprint density at radius 3 is 2.14 bits per heavy atom. The number of anilines is 1. The van der Waals surface area contributed by atoms with Crippen molar-refractivity contribution >= 4 is 51.5 Å². The standard InChI is InChI=1S/C42H44N3O5/c1-32(46)43(34-21-12-10-13-22-34)30-18-9-7-5-4-6-8-14-24-37-42(2,3)41-35-23-17-16-20-33(35)26-27-36(41)44(37)31-19-11-15-25-40(49)50-45-38(47)28-29-39(45)48/h4-10,12-14,16-18,20-24,26-27,30H,11,15,19,25,28-29,31H2,1-3H3/q+1. The third-order valence-corrected chi connectivity index (χ3v) is 8.86. The van der Waals surface area contributed by atoms with Crippen LogP contribution >= 0.6 is 0 Å². The number of nitrogens with zero attached hydrogens (tertiary/aromatic N) is 3. The molecule has 1 fully saturated rings. The van der Waals surface area contributed by atoms with Crippen molar-refractivity contribution in [1.29, 1.82) is 0 Å². The number of rotatable bonds is 14. The summed E-state index contributed by atoms with van der Waals surface area (Å²) in [6, 6.07) is 22.4. The number of benzene rings is 3. The van der Waals surface area contributed by atoms with Crippen molar-refractivity contribution in [1.82, 2.24) is 5.06 Å². The highest BCUT2D eigenvalue weighted by molar-refractivity contribution is 6.07. The molecule has 0 N–H and O–H groups in total. The highest BCUT2D eigenvalue weighted by Crippen LogP contribution is 2.44. The molecule has 3 amide bonds. The van der Waals surface area contributed by atoms with Gasteiger partial charge in [-0.1, -0.05) is 85.0 Å². The number of hydrogen-bond acceptors (Lipinski definition) is 5. The summed E-state index contributed by atoms with van der Waals surface area (Å²) in [6.07, 6.45) is 22.1. The molecule has 0 atom stereocenters. The van der Waals surface area contributed by atoms with Crippen LogP contribution in [0.5, 0.6) is 0 Å². The smallest absolute Gasteiger partial charge is 0.330 e. The highest BCUT2D eigenvalue weighted by Gasteiger charge is 2.45. The molecule has 2 heterocycles. The molecule has 2 aliphatic heterocycles. The molecule has 50 heavy (non-hydrogen) atoms. The van der Waals surface area contributed by atoms with Gasteiger partial charge in [0.25, 0.3) is 11.8 Å². The molecule has 0 aromatic heterocycles. The van der Waals surface area contributed by atoms with Crippen LogP contribution in [0.15, 0.2) is 128 Å². The minimum Gasteiger partial charge on any atom is -0.330 e. The van der Waals surface area contributed by atoms with E-state index in [4.69, 9.17) is 4.84 Å². The fraction of sp³-hybridized carbons (Fsp3) is 0.262. The number of fused-ring (bicyclic) bond motifs is 3. The molecule has 5 rings (SSSR count). The van der Waals surface area contributed by atoms with Gasteiger partial charge in [0.1, 0.15) is 6.54 Å². The summed E-state index contributed by atoms with van der Waals surface area (Å²) in [5.41, 5.74) is 4.27. The number of hydroxylamine groups is 2. The largest absolute Gasteiger partial charge is 0.333 e. The predicted molar refractivity (Wildman–Crippen MR) is 198 cm³/mol. The van der Waals surface area contributed by atoms with Crippen molar-refractivity contribution in [3.05, 3.63) is 133 Å². The average Bonchev–Trinajstić information content (AvgIpc) is 3.53. The third kappa shape index (κ3) is 8.50. The van der Waals surface area contributed by atoms with E-state index in [1.807, 2.05) is 72.9 Å². The molecule has 0 saturated carbocycles. The number of carbonyl (C=O) groups excluding carboxylic acids is 4. The minimum atomic E-state index is -0.557. The van der Waals surface area contributed by atoms with Gasteiger partial charge in [0.05, 0.1) is 5.41 Å². The summed E-state index contributed by atoms with van der Waals surface area (Å²) in [6.45, 7) is 6.85. The molecule has 1 saturated heterocycles. The molecule has 0 bridgehead atoms. The topological polar surface area (TPSA) is 87.0 Å². The Morgan fingerprint density at radius 2 is 1.44 bits per heavy atom. The van der Waals surface area contributed by atoms with Crippen LogP contribution in [0.4, 0.5) is 11.4 Å². The molecule has 8 nitrogen and oxygen atoms in total. The molecule has 0 radical (unpaired) electrons. The van der Waals surface area contributed by atoms with Gasteiger partial charge in [0.15, 0.2) is 5.71 Å². The first-order valence-corrected chi connectivity index (χ1v) is 17.1. The third-order valence-electron chi connectivity index (χ3n) is 8.86. The van der Waals surface area contributed by atoms with Crippen molar-refractivity contribution in [2.45, 2.75) is 64.7 Å². The van der Waals surface area contributed by atoms with Gasteiger partial charge >= 0.3 is 5.97 Å². The number of carbonyl (C=O) groups is 4. The van der Waals surface area contributed by atoms with Gasteiger partial charge in [-0.2, -0.15) is 4.58 Å². The summed E-state index contributed by atoms with van der Waals surface area (Å²) >= 11 is 0. The van der Waals surface area contributed by atoms with E-state index in [9.17, 15) is 19.2 Å². The van der Waals surface area contributed by atoms with Crippen LogP contribution in [0.1, 0.15) is 64.9 Å². The second kappa shape index (κ2) is 16.7. The Kier molecular flexibility index (Phi) is 11.9. The molecule has 0 spiro atoms. The molecule has 3 aromatic carbocycles. The number of imide groups is 1. The lowest BCUT2D eigenvalue weighted by molar-refractivity contribution is -0.438. The lowest BCUT2D eigenvalue weighted by atomic mass is 9.79. The molecular weight excluding hydrogens is 626 g/mol. The van der Waals surface area contributed by atoms with Gasteiger partial charge in [-0.15, -0.1) is 5.06 Å². The number of amides is 3. The van der Waals surface area contributed by atoms with Crippen molar-refractivity contribution in [3.8, 4) is 0 Å². The van der Waals surface area contributed by atoms with Crippen molar-refractivity contribution in [2.75, 3.05) is 11.4 Å². The van der Waals surface area contributed by atoms with Crippen molar-refractivity contribution in [3.63, 3.8) is 0 Å². The number of para-hydroxylation sites is 1. The van der Waals surface area contributed by atoms with Gasteiger partial charge in [0, 0.05) is 62.2 Å². The summed E-state index contributed by atoms with van der Waals surface area (Å²) in [5.74, 6) is -1.54. The SMILES string of the molecule is CC(=O)N(/C=C/C=C/C=C/C=C/C=C/C1=[N+](CCCCCC(=O)ON2C(=O)CCC2=O)c2ccc3ccccc3c2C1(C)C)c1ccccc1. The second-order valence-electron chi connectivity index (χ2n) is 12.8. The Balaban J connectivity index is 1.22. The normalized spacial score (nSPS) is 16.0. The van der Waals surface area contributed by atoms with Crippen LogP contribution in [-0.2, 0) is 29.4 Å². The van der Waals surface area contributed by atoms with E-state index >= 15 is 0 Å². The highest BCUT2D eigenvalue weighted by atomic mass is 16.7. The molecule has 8 heteroatoms. The fourth-order valence-electron chi connectivity index (χ4n) is 6.43. The summed E-state index contributed by atoms with van der Waals surface area (Å²) in [5, 5.41) is 3.06. The van der Waals surface area contributed by atoms with E-state index in [1.165, 1.54) is 27.7 Å². The summed E-state index contributed by atoms with van der Waals surface area (Å²) < 4.78 is 2.39. The van der Waals surface area contributed by atoms with Crippen LogP contribution in [0.3, 0.4) is 0 Å². The van der Waals surface area contributed by atoms with Crippen molar-refractivity contribution in [2.24, 2.45) is 0 Å². The van der Waals surface area contributed by atoms with Gasteiger partial charge in [-0.3, -0.25) is 19.3 Å². The summed E-state index contributed by atoms with van der Waals surface area (Å²) in [7, 11) is 0. The first-order valence-electron chi connectivity index (χ1n) is 17.1. The van der Waals surface area contributed by atoms with Crippen LogP contribution < -0.4 is 4.90 Å². The van der Waals surface area contributed by atoms with Crippen LogP contribution in [0, 0.1) is 0 Å². The molecular formula is C42H44N3O5+. The first kappa shape index (κ1) is 35.7. The number of allylic oxidation sites excluding steroid dienone is 9. The Labute approximate surface area is 294 Å². The fourth-order valence-corrected chi connectivity index (χ4v) is 6.43. The van der Waals surface area contributed by atoms with E-state index in [0.29, 0.717) is 11.5 Å². The van der Waals surface area contributed by atoms with E-state index in [1.54, 1.807) is 18.0 Å². The zero-order valence-electron chi connectivity index (χ0n) is 29.0. The quantitative estimate of drug-likeness (QED) is 0.0748. The lowest BCUT2D eigenvalue weighted by Crippen LogP contribution is -2.31. The minimum absolute atomic E-state index is 0.0570. The number of hydrogen-bond donors (Lipinski definition) is 0. The monoisotopic (exact) mass is 670 g/mol. The summed E-state index contributed by atoms with van der Waals surface area (Å²) in [4.78, 5) is 54.4. The zero-order valence-corrected chi connectivity index (χ0v) is 29.0. The maximum Gasteiger partial charge on any atom is 0.333 e. The van der Waals surface area contributed by atoms with Crippen LogP contribution in [0.2, 0.25) is 0 Å². The van der Waals surface area contributed by atoms with Crippen LogP contribution in [-0.4, -0.2) is 45.6 Å². The van der Waals surface area contributed by atoms with Gasteiger partial charge < -0.3 is 4.84 Å². The van der Waals surface area contributed by atoms with Gasteiger partial charge in [-0.25, -0.2) is 4.79 Å². The molecule has 3 aromatic rings. The number of unbranched alkanes of at least 4 members (excludes halogenated alkanes) is 2. The van der Waals surface area contributed by atoms with Crippen LogP contribution in [0.25, 0.3) is 10.8 Å². The van der Waals surface area contributed by atoms with Crippen molar-refractivity contribution < 1.29 is 28.6 Å². The van der Waals surface area contributed by atoms with E-state index in [-0.39, 0.29) is 30.6 Å². The molecule has 2 aliphatic rings. The van der Waals surface area contributed by atoms with E-state index < -0.39 is 17.8 Å². The second-order valence-corrected chi connectivity index (χ2v) is 12.8. The first-order chi connectivity index (χ1) is 24.2.